The summed E-state index contributed by atoms with van der Waals surface area (Å²) in [6.07, 6.45) is 1.51. The molecule has 0 bridgehead atoms. The Bertz CT molecular complexity index is 961. The van der Waals surface area contributed by atoms with Gasteiger partial charge in [0.1, 0.15) is 0 Å². The highest BCUT2D eigenvalue weighted by Gasteiger charge is 2.30. The first-order valence-electron chi connectivity index (χ1n) is 7.70. The van der Waals surface area contributed by atoms with E-state index in [4.69, 9.17) is 4.74 Å². The highest BCUT2D eigenvalue weighted by molar-refractivity contribution is 9.10. The monoisotopic (exact) mass is 444 g/mol. The van der Waals surface area contributed by atoms with E-state index in [0.29, 0.717) is 17.6 Å². The fraction of sp³-hybridized carbons (Fsp3) is 0.250. The van der Waals surface area contributed by atoms with Crippen molar-refractivity contribution < 1.29 is 22.5 Å². The minimum atomic E-state index is -3.81. The zero-order valence-electron chi connectivity index (χ0n) is 13.4. The Balaban J connectivity index is 1.98. The molecule has 3 rings (SSSR count). The summed E-state index contributed by atoms with van der Waals surface area (Å²) in [4.78, 5) is 10.4. The van der Waals surface area contributed by atoms with Gasteiger partial charge in [-0.15, -0.1) is 0 Å². The molecular formula is C16H14BrFN2O5S. The van der Waals surface area contributed by atoms with E-state index >= 15 is 0 Å². The topological polar surface area (TPSA) is 89.8 Å². The number of halogens is 2. The van der Waals surface area contributed by atoms with Crippen molar-refractivity contribution in [1.29, 1.82) is 0 Å². The predicted molar refractivity (Wildman–Crippen MR) is 95.3 cm³/mol. The lowest BCUT2D eigenvalue weighted by Gasteiger charge is -2.16. The van der Waals surface area contributed by atoms with Gasteiger partial charge in [0.15, 0.2) is 11.6 Å². The lowest BCUT2D eigenvalue weighted by atomic mass is 10.3. The van der Waals surface area contributed by atoms with Crippen molar-refractivity contribution in [3.8, 4) is 11.5 Å². The molecule has 2 aromatic carbocycles. The van der Waals surface area contributed by atoms with Gasteiger partial charge in [-0.3, -0.25) is 10.1 Å². The lowest BCUT2D eigenvalue weighted by molar-refractivity contribution is -0.385. The summed E-state index contributed by atoms with van der Waals surface area (Å²) in [7, 11) is -3.81. The van der Waals surface area contributed by atoms with Crippen molar-refractivity contribution in [1.82, 2.24) is 4.31 Å². The number of nitro groups is 1. The quantitative estimate of drug-likeness (QED) is 0.511. The van der Waals surface area contributed by atoms with Crippen LogP contribution in [-0.4, -0.2) is 30.7 Å². The molecule has 0 spiro atoms. The van der Waals surface area contributed by atoms with Gasteiger partial charge in [-0.1, -0.05) is 15.9 Å². The number of sulfonamides is 1. The largest absolute Gasteiger partial charge is 0.447 e. The third-order valence-electron chi connectivity index (χ3n) is 3.94. The number of rotatable bonds is 5. The summed E-state index contributed by atoms with van der Waals surface area (Å²) >= 11 is 3.11. The van der Waals surface area contributed by atoms with Gasteiger partial charge in [0, 0.05) is 23.6 Å². The van der Waals surface area contributed by atoms with E-state index < -0.39 is 26.5 Å². The third-order valence-corrected chi connectivity index (χ3v) is 6.33. The number of nitrogens with zero attached hydrogens (tertiary/aromatic N) is 2. The van der Waals surface area contributed by atoms with Gasteiger partial charge in [0.05, 0.1) is 9.82 Å². The highest BCUT2D eigenvalue weighted by atomic mass is 79.9. The van der Waals surface area contributed by atoms with Crippen molar-refractivity contribution in [2.45, 2.75) is 17.7 Å². The summed E-state index contributed by atoms with van der Waals surface area (Å²) in [6, 6.07) is 7.34. The Morgan fingerprint density at radius 2 is 1.77 bits per heavy atom. The minimum absolute atomic E-state index is 0.185. The minimum Gasteiger partial charge on any atom is -0.447 e. The van der Waals surface area contributed by atoms with Crippen LogP contribution in [0.15, 0.2) is 45.8 Å². The second kappa shape index (κ2) is 7.29. The van der Waals surface area contributed by atoms with Crippen LogP contribution >= 0.6 is 15.9 Å². The van der Waals surface area contributed by atoms with E-state index in [1.165, 1.54) is 28.6 Å². The van der Waals surface area contributed by atoms with Gasteiger partial charge in [-0.2, -0.15) is 4.31 Å². The van der Waals surface area contributed by atoms with Crippen molar-refractivity contribution in [3.05, 3.63) is 56.8 Å². The van der Waals surface area contributed by atoms with E-state index in [9.17, 15) is 22.9 Å². The molecule has 2 aromatic rings. The number of hydrogen-bond acceptors (Lipinski definition) is 5. The van der Waals surface area contributed by atoms with Crippen LogP contribution < -0.4 is 4.74 Å². The molecule has 0 saturated carbocycles. The van der Waals surface area contributed by atoms with Gasteiger partial charge in [-0.05, 0) is 43.2 Å². The average molecular weight is 445 g/mol. The Morgan fingerprint density at radius 3 is 2.38 bits per heavy atom. The number of benzene rings is 2. The van der Waals surface area contributed by atoms with Crippen molar-refractivity contribution in [2.75, 3.05) is 13.1 Å². The summed E-state index contributed by atoms with van der Waals surface area (Å²) in [5.41, 5.74) is -0.549. The highest BCUT2D eigenvalue weighted by Crippen LogP contribution is 2.36. The molecule has 0 unspecified atom stereocenters. The molecule has 138 valence electrons. The molecular weight excluding hydrogens is 431 g/mol. The summed E-state index contributed by atoms with van der Waals surface area (Å²) in [5.74, 6) is -1.15. The van der Waals surface area contributed by atoms with E-state index in [1.807, 2.05) is 0 Å². The molecule has 26 heavy (non-hydrogen) atoms. The Morgan fingerprint density at radius 1 is 1.12 bits per heavy atom. The van der Waals surface area contributed by atoms with E-state index in [1.54, 1.807) is 0 Å². The van der Waals surface area contributed by atoms with Gasteiger partial charge < -0.3 is 4.74 Å². The second-order valence-corrected chi connectivity index (χ2v) is 8.53. The maximum atomic E-state index is 13.9. The zero-order valence-corrected chi connectivity index (χ0v) is 15.8. The summed E-state index contributed by atoms with van der Waals surface area (Å²) < 4.78 is 46.1. The Labute approximate surface area is 157 Å². The second-order valence-electron chi connectivity index (χ2n) is 5.67. The third kappa shape index (κ3) is 3.71. The summed E-state index contributed by atoms with van der Waals surface area (Å²) in [6.45, 7) is 0.775. The van der Waals surface area contributed by atoms with Crippen molar-refractivity contribution >= 4 is 31.6 Å². The van der Waals surface area contributed by atoms with Crippen LogP contribution in [0.4, 0.5) is 10.1 Å². The molecule has 0 radical (unpaired) electrons. The van der Waals surface area contributed by atoms with E-state index in [0.717, 1.165) is 25.0 Å². The molecule has 1 aliphatic heterocycles. The van der Waals surface area contributed by atoms with Gasteiger partial charge in [-0.25, -0.2) is 12.8 Å². The number of hydrogen-bond donors (Lipinski definition) is 0. The fourth-order valence-corrected chi connectivity index (χ4v) is 4.51. The van der Waals surface area contributed by atoms with Gasteiger partial charge in [0.2, 0.25) is 15.8 Å². The smallest absolute Gasteiger partial charge is 0.312 e. The lowest BCUT2D eigenvalue weighted by Crippen LogP contribution is -2.27. The van der Waals surface area contributed by atoms with Crippen LogP contribution in [0.2, 0.25) is 0 Å². The zero-order chi connectivity index (χ0) is 18.9. The van der Waals surface area contributed by atoms with E-state index in [-0.39, 0.29) is 16.4 Å². The van der Waals surface area contributed by atoms with Crippen LogP contribution in [0.1, 0.15) is 12.8 Å². The molecule has 1 saturated heterocycles. The normalized spacial score (nSPS) is 15.2. The van der Waals surface area contributed by atoms with Crippen molar-refractivity contribution in [2.24, 2.45) is 0 Å². The molecule has 1 fully saturated rings. The maximum Gasteiger partial charge on any atom is 0.312 e. The average Bonchev–Trinajstić information content (AvgIpc) is 3.12. The molecule has 0 amide bonds. The molecule has 1 heterocycles. The SMILES string of the molecule is O=[N+]([O-])c1cc(S(=O)(=O)N2CCCC2)ccc1Oc1ccc(Br)cc1F. The summed E-state index contributed by atoms with van der Waals surface area (Å²) in [5, 5.41) is 11.4. The number of nitro benzene ring substituents is 1. The fourth-order valence-electron chi connectivity index (χ4n) is 2.64. The molecule has 10 heteroatoms. The van der Waals surface area contributed by atoms with Crippen LogP contribution in [0, 0.1) is 15.9 Å². The molecule has 7 nitrogen and oxygen atoms in total. The first kappa shape index (κ1) is 18.7. The van der Waals surface area contributed by atoms with Crippen LogP contribution in [0.3, 0.4) is 0 Å². The maximum absolute atomic E-state index is 13.9. The Kier molecular flexibility index (Phi) is 5.26. The van der Waals surface area contributed by atoms with Crippen LogP contribution in [-0.2, 0) is 10.0 Å². The van der Waals surface area contributed by atoms with Crippen molar-refractivity contribution in [3.63, 3.8) is 0 Å². The first-order valence-corrected chi connectivity index (χ1v) is 9.94. The molecule has 0 aliphatic carbocycles. The van der Waals surface area contributed by atoms with Crippen LogP contribution in [0.25, 0.3) is 0 Å². The van der Waals surface area contributed by atoms with Gasteiger partial charge >= 0.3 is 5.69 Å². The molecule has 0 aromatic heterocycles. The Hall–Kier alpha value is -2.04. The predicted octanol–water partition coefficient (Wildman–Crippen LogP) is 4.07. The molecule has 1 aliphatic rings. The van der Waals surface area contributed by atoms with Gasteiger partial charge in [0.25, 0.3) is 0 Å². The molecule has 0 N–H and O–H groups in total. The molecule has 0 atom stereocenters. The van der Waals surface area contributed by atoms with E-state index in [2.05, 4.69) is 15.9 Å². The first-order chi connectivity index (χ1) is 12.3. The van der Waals surface area contributed by atoms with Crippen LogP contribution in [0.5, 0.6) is 11.5 Å². The standard InChI is InChI=1S/C16H14BrFN2O5S/c17-11-3-5-15(13(18)9-11)25-16-6-4-12(10-14(16)20(21)22)26(23,24)19-7-1-2-8-19/h3-6,9-10H,1-2,7-8H2. The number of ether oxygens (including phenoxy) is 1.